The minimum Gasteiger partial charge on any atom is -0.294 e. The molecule has 0 fully saturated rings. The highest BCUT2D eigenvalue weighted by Gasteiger charge is 2.17. The van der Waals surface area contributed by atoms with E-state index in [1.165, 1.54) is 6.92 Å². The van der Waals surface area contributed by atoms with Crippen molar-refractivity contribution >= 4 is 5.78 Å². The second kappa shape index (κ2) is 2.81. The second-order valence-corrected chi connectivity index (χ2v) is 2.95. The van der Waals surface area contributed by atoms with E-state index in [2.05, 4.69) is 0 Å². The molecule has 0 aliphatic carbocycles. The zero-order valence-corrected chi connectivity index (χ0v) is 6.41. The Hall–Kier alpha value is -0.590. The third-order valence-corrected chi connectivity index (χ3v) is 0.920. The van der Waals surface area contributed by atoms with E-state index in [1.807, 2.05) is 0 Å². The van der Waals surface area contributed by atoms with Crippen LogP contribution in [-0.4, -0.2) is 5.78 Å². The molecule has 1 nitrogen and oxygen atoms in total. The summed E-state index contributed by atoms with van der Waals surface area (Å²) < 4.78 is 14.3. The number of hydrogen-bond acceptors (Lipinski definition) is 1. The van der Waals surface area contributed by atoms with Gasteiger partial charge in [-0.15, -0.1) is 0 Å². The molecule has 0 heterocycles. The van der Waals surface area contributed by atoms with E-state index in [-0.39, 0.29) is 17.9 Å². The molecule has 52 valence electrons. The minimum atomic E-state index is -0.542. The summed E-state index contributed by atoms with van der Waals surface area (Å²) in [6.45, 7) is 6.68. The minimum absolute atomic E-state index is 0.0323. The van der Waals surface area contributed by atoms with Crippen LogP contribution in [0, 0.1) is 5.41 Å². The largest absolute Gasteiger partial charge is 0.294 e. The lowest BCUT2D eigenvalue weighted by atomic mass is 9.91. The summed E-state index contributed by atoms with van der Waals surface area (Å²) in [4.78, 5) is 11.2. The predicted molar refractivity (Wildman–Crippen MR) is 39.3 cm³/mol. The van der Waals surface area contributed by atoms with Crippen molar-refractivity contribution in [1.29, 1.82) is 0 Å². The molecule has 0 amide bonds. The normalized spacial score (nSPS) is 17.8. The van der Waals surface area contributed by atoms with E-state index in [1.54, 1.807) is 20.8 Å². The third-order valence-electron chi connectivity index (χ3n) is 0.920. The van der Waals surface area contributed by atoms with Crippen LogP contribution in [0.5, 0.6) is 0 Å². The molecule has 0 saturated heterocycles. The molecule has 0 radical (unpaired) electrons. The van der Waals surface area contributed by atoms with Gasteiger partial charge in [0, 0.05) is 5.41 Å². The van der Waals surface area contributed by atoms with Crippen molar-refractivity contribution in [2.45, 2.75) is 27.7 Å². The Balaban J connectivity index is 4.67. The number of ketones is 1. The highest BCUT2D eigenvalue weighted by Crippen LogP contribution is 2.14. The molecule has 0 aromatic rings. The SMILES string of the molecule is [2H]/C(C)=C(/[2H])C(=O)C(C)(C)C. The van der Waals surface area contributed by atoms with Gasteiger partial charge in [0.2, 0.25) is 0 Å². The predicted octanol–water partition coefficient (Wildman–Crippen LogP) is 2.18. The van der Waals surface area contributed by atoms with Gasteiger partial charge in [0.05, 0.1) is 2.74 Å². The van der Waals surface area contributed by atoms with Crippen molar-refractivity contribution in [3.05, 3.63) is 12.1 Å². The first-order valence-corrected chi connectivity index (χ1v) is 2.95. The van der Waals surface area contributed by atoms with Gasteiger partial charge < -0.3 is 0 Å². The molecule has 0 aromatic heterocycles. The van der Waals surface area contributed by atoms with Crippen molar-refractivity contribution in [2.24, 2.45) is 5.41 Å². The topological polar surface area (TPSA) is 17.1 Å². The molecular weight excluding hydrogens is 112 g/mol. The molecule has 0 rings (SSSR count). The maximum atomic E-state index is 11.2. The highest BCUT2D eigenvalue weighted by atomic mass is 16.1. The average Bonchev–Trinajstić information content (AvgIpc) is 1.82. The number of carbonyl (C=O) groups excluding carboxylic acids is 1. The Morgan fingerprint density at radius 3 is 2.11 bits per heavy atom. The van der Waals surface area contributed by atoms with Gasteiger partial charge in [-0.05, 0) is 13.0 Å². The van der Waals surface area contributed by atoms with Gasteiger partial charge in [-0.25, -0.2) is 0 Å². The smallest absolute Gasteiger partial charge is 0.160 e. The van der Waals surface area contributed by atoms with Crippen LogP contribution < -0.4 is 0 Å². The van der Waals surface area contributed by atoms with Crippen LogP contribution in [0.4, 0.5) is 0 Å². The molecule has 0 aliphatic heterocycles. The van der Waals surface area contributed by atoms with E-state index in [9.17, 15) is 4.79 Å². The van der Waals surface area contributed by atoms with Crippen molar-refractivity contribution < 1.29 is 7.54 Å². The molecule has 0 N–H and O–H groups in total. The molecule has 0 aliphatic rings. The molecular formula is C8H14O. The highest BCUT2D eigenvalue weighted by molar-refractivity contribution is 5.93. The number of hydrogen-bond donors (Lipinski definition) is 0. The molecule has 0 aromatic carbocycles. The Labute approximate surface area is 59.6 Å². The second-order valence-electron chi connectivity index (χ2n) is 2.95. The van der Waals surface area contributed by atoms with Gasteiger partial charge >= 0.3 is 0 Å². The standard InChI is InChI=1S/C8H14O/c1-5-6-7(9)8(2,3)4/h5-6H,1-4H3/b6-5+/i5D,6D. The molecule has 0 atom stereocenters. The third kappa shape index (κ3) is 3.07. The summed E-state index contributed by atoms with van der Waals surface area (Å²) in [5.41, 5.74) is -0.542. The van der Waals surface area contributed by atoms with Crippen molar-refractivity contribution in [2.75, 3.05) is 0 Å². The van der Waals surface area contributed by atoms with Gasteiger partial charge in [0.15, 0.2) is 5.78 Å². The fraction of sp³-hybridized carbons (Fsp3) is 0.625. The van der Waals surface area contributed by atoms with Gasteiger partial charge in [0.25, 0.3) is 0 Å². The fourth-order valence-electron chi connectivity index (χ4n) is 0.301. The summed E-state index contributed by atoms with van der Waals surface area (Å²) in [5, 5.41) is 0. The van der Waals surface area contributed by atoms with Crippen molar-refractivity contribution in [3.63, 3.8) is 0 Å². The maximum Gasteiger partial charge on any atom is 0.160 e. The Morgan fingerprint density at radius 2 is 2.00 bits per heavy atom. The van der Waals surface area contributed by atoms with Gasteiger partial charge in [-0.2, -0.15) is 0 Å². The first kappa shape index (κ1) is 5.21. The molecule has 1 heteroatoms. The van der Waals surface area contributed by atoms with Crippen LogP contribution in [0.1, 0.15) is 30.4 Å². The molecule has 0 saturated carbocycles. The monoisotopic (exact) mass is 128 g/mol. The lowest BCUT2D eigenvalue weighted by molar-refractivity contribution is -0.121. The summed E-state index contributed by atoms with van der Waals surface area (Å²) in [7, 11) is 0. The molecule has 0 bridgehead atoms. The number of rotatable bonds is 1. The quantitative estimate of drug-likeness (QED) is 0.495. The fourth-order valence-corrected chi connectivity index (χ4v) is 0.301. The van der Waals surface area contributed by atoms with Crippen LogP contribution in [0.2, 0.25) is 0 Å². The van der Waals surface area contributed by atoms with Crippen LogP contribution in [0.3, 0.4) is 0 Å². The average molecular weight is 128 g/mol. The zero-order valence-electron chi connectivity index (χ0n) is 8.41. The van der Waals surface area contributed by atoms with Crippen molar-refractivity contribution in [3.8, 4) is 0 Å². The lowest BCUT2D eigenvalue weighted by Crippen LogP contribution is -2.16. The Morgan fingerprint density at radius 1 is 1.56 bits per heavy atom. The number of carbonyl (C=O) groups is 1. The van der Waals surface area contributed by atoms with Gasteiger partial charge in [0.1, 0.15) is 0 Å². The van der Waals surface area contributed by atoms with E-state index in [0.29, 0.717) is 0 Å². The molecule has 0 spiro atoms. The van der Waals surface area contributed by atoms with E-state index < -0.39 is 5.41 Å². The summed E-state index contributed by atoms with van der Waals surface area (Å²) in [6.07, 6.45) is 0. The van der Waals surface area contributed by atoms with Crippen LogP contribution in [0.25, 0.3) is 0 Å². The lowest BCUT2D eigenvalue weighted by Gasteiger charge is -2.12. The van der Waals surface area contributed by atoms with Crippen LogP contribution in [0.15, 0.2) is 12.1 Å². The molecule has 9 heavy (non-hydrogen) atoms. The van der Waals surface area contributed by atoms with E-state index >= 15 is 0 Å². The first-order valence-electron chi connectivity index (χ1n) is 3.95. The summed E-state index contributed by atoms with van der Waals surface area (Å²) >= 11 is 0. The summed E-state index contributed by atoms with van der Waals surface area (Å²) in [5.74, 6) is -0.273. The zero-order chi connectivity index (χ0) is 9.23. The Bertz CT molecular complexity index is 195. The van der Waals surface area contributed by atoms with Crippen LogP contribution >= 0.6 is 0 Å². The van der Waals surface area contributed by atoms with E-state index in [4.69, 9.17) is 2.74 Å². The molecule has 0 unspecified atom stereocenters. The summed E-state index contributed by atoms with van der Waals surface area (Å²) in [6, 6.07) is -0.151. The first-order chi connectivity index (χ1) is 4.76. The van der Waals surface area contributed by atoms with Gasteiger partial charge in [-0.1, -0.05) is 26.8 Å². The van der Waals surface area contributed by atoms with Gasteiger partial charge in [-0.3, -0.25) is 4.79 Å². The maximum absolute atomic E-state index is 11.2. The van der Waals surface area contributed by atoms with Crippen molar-refractivity contribution in [1.82, 2.24) is 0 Å². The van der Waals surface area contributed by atoms with E-state index in [0.717, 1.165) is 0 Å². The Kier molecular flexibility index (Phi) is 1.63. The van der Waals surface area contributed by atoms with Crippen LogP contribution in [-0.2, 0) is 4.79 Å². The number of allylic oxidation sites excluding steroid dienone is 2.